The summed E-state index contributed by atoms with van der Waals surface area (Å²) in [5, 5.41) is 22.2. The molecular weight excluding hydrogens is 424 g/mol. The molecule has 0 aliphatic heterocycles. The highest BCUT2D eigenvalue weighted by Crippen LogP contribution is 2.74. The molecule has 4 nitrogen and oxygen atoms in total. The van der Waals surface area contributed by atoms with E-state index in [0.717, 1.165) is 55.7 Å². The van der Waals surface area contributed by atoms with Gasteiger partial charge in [-0.25, -0.2) is 0 Å². The average molecular weight is 465 g/mol. The Kier molecular flexibility index (Phi) is 4.79. The number of rotatable bonds is 1. The summed E-state index contributed by atoms with van der Waals surface area (Å²) in [6.07, 6.45) is 11.5. The maximum Gasteiger partial charge on any atom is 0.311 e. The van der Waals surface area contributed by atoms with E-state index >= 15 is 0 Å². The van der Waals surface area contributed by atoms with Crippen molar-refractivity contribution < 1.29 is 19.7 Å². The molecule has 0 amide bonds. The number of ether oxygens (including phenoxy) is 1. The maximum atomic E-state index is 12.8. The van der Waals surface area contributed by atoms with Crippen LogP contribution >= 0.6 is 0 Å². The standard InChI is InChI=1S/C30H40O4/c1-18-19-8-9-22-28(4,20(19)16-21(31)24(18)32)13-15-30(6)23-17-27(3,25(33)34-7)11-10-26(23,2)12-14-29(22,30)5/h8-9,16,23,31-32H,1,10-15,17H2,2-7H3/t23-,26-,27-,28+,29-,30+/m1/s1. The second-order valence-electron chi connectivity index (χ2n) is 13.0. The van der Waals surface area contributed by atoms with Crippen LogP contribution in [-0.2, 0) is 14.9 Å². The SMILES string of the molecule is C=c1c(O)c(O)cc2c1=CC=C1[C@@]2(C)CC[C@@]2(C)[C@@H]3C[C@](C)(C(=O)OC)CC[C@]3(C)CC[C@]12C. The van der Waals surface area contributed by atoms with Crippen LogP contribution in [-0.4, -0.2) is 23.3 Å². The molecule has 0 unspecified atom stereocenters. The van der Waals surface area contributed by atoms with Gasteiger partial charge in [0.05, 0.1) is 12.5 Å². The van der Waals surface area contributed by atoms with Gasteiger partial charge >= 0.3 is 5.97 Å². The summed E-state index contributed by atoms with van der Waals surface area (Å²) >= 11 is 0. The Hall–Kier alpha value is -2.23. The first-order valence-electron chi connectivity index (χ1n) is 12.8. The van der Waals surface area contributed by atoms with E-state index in [9.17, 15) is 15.0 Å². The molecule has 0 saturated heterocycles. The topological polar surface area (TPSA) is 66.8 Å². The molecule has 1 aromatic rings. The average Bonchev–Trinajstić information content (AvgIpc) is 2.80. The monoisotopic (exact) mass is 464 g/mol. The Labute approximate surface area is 203 Å². The lowest BCUT2D eigenvalue weighted by molar-refractivity contribution is -0.179. The summed E-state index contributed by atoms with van der Waals surface area (Å²) in [6, 6.07) is 1.76. The fourth-order valence-corrected chi connectivity index (χ4v) is 8.80. The van der Waals surface area contributed by atoms with Crippen molar-refractivity contribution in [2.24, 2.45) is 27.6 Å². The fourth-order valence-electron chi connectivity index (χ4n) is 8.80. The number of phenols is 2. The second-order valence-corrected chi connectivity index (χ2v) is 13.0. The van der Waals surface area contributed by atoms with Crippen LogP contribution in [0.3, 0.4) is 0 Å². The first-order chi connectivity index (χ1) is 15.8. The predicted octanol–water partition coefficient (Wildman–Crippen LogP) is 5.07. The molecule has 2 N–H and O–H groups in total. The van der Waals surface area contributed by atoms with Gasteiger partial charge in [0.25, 0.3) is 0 Å². The lowest BCUT2D eigenvalue weighted by Crippen LogP contribution is -2.63. The van der Waals surface area contributed by atoms with E-state index in [-0.39, 0.29) is 39.1 Å². The molecule has 184 valence electrons. The summed E-state index contributed by atoms with van der Waals surface area (Å²) in [7, 11) is 1.52. The molecule has 0 spiro atoms. The number of methoxy groups -OCH3 is 1. The van der Waals surface area contributed by atoms with E-state index in [4.69, 9.17) is 4.74 Å². The second kappa shape index (κ2) is 6.92. The first-order valence-corrected chi connectivity index (χ1v) is 12.8. The number of fused-ring (bicyclic) bond motifs is 7. The van der Waals surface area contributed by atoms with Crippen LogP contribution in [0.4, 0.5) is 0 Å². The highest BCUT2D eigenvalue weighted by atomic mass is 16.5. The fraction of sp³-hybridized carbons (Fsp3) is 0.633. The first kappa shape index (κ1) is 23.5. The van der Waals surface area contributed by atoms with Crippen molar-refractivity contribution in [3.8, 4) is 11.5 Å². The van der Waals surface area contributed by atoms with Gasteiger partial charge < -0.3 is 14.9 Å². The minimum Gasteiger partial charge on any atom is -0.504 e. The zero-order valence-electron chi connectivity index (χ0n) is 21.7. The van der Waals surface area contributed by atoms with Gasteiger partial charge in [0.1, 0.15) is 0 Å². The van der Waals surface area contributed by atoms with Crippen LogP contribution in [0.2, 0.25) is 0 Å². The van der Waals surface area contributed by atoms with E-state index in [1.807, 2.05) is 0 Å². The van der Waals surface area contributed by atoms with Gasteiger partial charge in [0, 0.05) is 10.6 Å². The highest BCUT2D eigenvalue weighted by Gasteiger charge is 2.66. The quantitative estimate of drug-likeness (QED) is 0.450. The van der Waals surface area contributed by atoms with E-state index in [0.29, 0.717) is 11.1 Å². The molecule has 0 heterocycles. The minimum atomic E-state index is -0.424. The Balaban J connectivity index is 1.66. The van der Waals surface area contributed by atoms with Crippen molar-refractivity contribution in [3.63, 3.8) is 0 Å². The predicted molar refractivity (Wildman–Crippen MR) is 135 cm³/mol. The lowest BCUT2D eigenvalue weighted by atomic mass is 9.35. The zero-order valence-corrected chi connectivity index (χ0v) is 21.7. The van der Waals surface area contributed by atoms with E-state index < -0.39 is 5.41 Å². The van der Waals surface area contributed by atoms with E-state index in [2.05, 4.69) is 53.3 Å². The van der Waals surface area contributed by atoms with Crippen LogP contribution < -0.4 is 10.4 Å². The molecule has 0 bridgehead atoms. The Morgan fingerprint density at radius 2 is 1.68 bits per heavy atom. The maximum absolute atomic E-state index is 12.8. The summed E-state index contributed by atoms with van der Waals surface area (Å²) < 4.78 is 5.27. The van der Waals surface area contributed by atoms with Crippen molar-refractivity contribution in [1.82, 2.24) is 0 Å². The molecule has 3 fully saturated rings. The molecule has 5 rings (SSSR count). The number of aromatic hydroxyl groups is 2. The van der Waals surface area contributed by atoms with E-state index in [1.165, 1.54) is 12.7 Å². The van der Waals surface area contributed by atoms with Gasteiger partial charge in [-0.1, -0.05) is 52.0 Å². The lowest BCUT2D eigenvalue weighted by Gasteiger charge is -2.69. The van der Waals surface area contributed by atoms with Gasteiger partial charge in [-0.3, -0.25) is 4.79 Å². The molecule has 0 aromatic heterocycles. The molecule has 1 aromatic carbocycles. The summed E-state index contributed by atoms with van der Waals surface area (Å²) in [4.78, 5) is 12.8. The number of carbonyl (C=O) groups excluding carboxylic acids is 1. The number of phenolic OH excluding ortho intramolecular Hbond substituents is 2. The van der Waals surface area contributed by atoms with Gasteiger partial charge in [-0.05, 0) is 90.9 Å². The largest absolute Gasteiger partial charge is 0.504 e. The number of esters is 1. The van der Waals surface area contributed by atoms with E-state index in [1.54, 1.807) is 6.07 Å². The molecule has 3 saturated carbocycles. The number of carbonyl (C=O) groups is 1. The van der Waals surface area contributed by atoms with Crippen molar-refractivity contribution in [2.45, 2.75) is 85.0 Å². The third-order valence-electron chi connectivity index (χ3n) is 11.4. The molecule has 4 aliphatic rings. The van der Waals surface area contributed by atoms with Crippen LogP contribution in [0.25, 0.3) is 12.7 Å². The van der Waals surface area contributed by atoms with Crippen LogP contribution in [0.1, 0.15) is 85.1 Å². The summed E-state index contributed by atoms with van der Waals surface area (Å²) in [5.41, 5.74) is 2.12. The molecule has 34 heavy (non-hydrogen) atoms. The summed E-state index contributed by atoms with van der Waals surface area (Å²) in [6.45, 7) is 15.9. The Morgan fingerprint density at radius 3 is 2.35 bits per heavy atom. The molecule has 0 radical (unpaired) electrons. The number of allylic oxidation sites excluding steroid dienone is 2. The van der Waals surface area contributed by atoms with Gasteiger partial charge in [-0.2, -0.15) is 0 Å². The number of benzene rings is 1. The van der Waals surface area contributed by atoms with Crippen molar-refractivity contribution >= 4 is 18.6 Å². The van der Waals surface area contributed by atoms with Crippen LogP contribution in [0, 0.1) is 27.6 Å². The third kappa shape index (κ3) is 2.69. The summed E-state index contributed by atoms with van der Waals surface area (Å²) in [5.74, 6) is 0.152. The molecule has 4 aliphatic carbocycles. The smallest absolute Gasteiger partial charge is 0.311 e. The highest BCUT2D eigenvalue weighted by molar-refractivity contribution is 5.76. The number of hydrogen-bond donors (Lipinski definition) is 2. The molecule has 4 heteroatoms. The van der Waals surface area contributed by atoms with Crippen molar-refractivity contribution in [1.29, 1.82) is 0 Å². The zero-order chi connectivity index (χ0) is 24.9. The third-order valence-corrected chi connectivity index (χ3v) is 11.4. The van der Waals surface area contributed by atoms with Gasteiger partial charge in [-0.15, -0.1) is 0 Å². The number of hydrogen-bond acceptors (Lipinski definition) is 4. The Bertz CT molecular complexity index is 1230. The van der Waals surface area contributed by atoms with Gasteiger partial charge in [0.15, 0.2) is 11.5 Å². The van der Waals surface area contributed by atoms with Crippen LogP contribution in [0.5, 0.6) is 11.5 Å². The van der Waals surface area contributed by atoms with Crippen molar-refractivity contribution in [3.05, 3.63) is 33.7 Å². The molecular formula is C30H40O4. The normalized spacial score (nSPS) is 42.8. The van der Waals surface area contributed by atoms with Crippen LogP contribution in [0.15, 0.2) is 17.7 Å². The van der Waals surface area contributed by atoms with Gasteiger partial charge in [0.2, 0.25) is 0 Å². The minimum absolute atomic E-state index is 0.0262. The van der Waals surface area contributed by atoms with Crippen molar-refractivity contribution in [2.75, 3.05) is 7.11 Å². The molecule has 6 atom stereocenters. The Morgan fingerprint density at radius 1 is 1.00 bits per heavy atom.